The number of aromatic nitrogens is 2. The van der Waals surface area contributed by atoms with Crippen LogP contribution in [0.5, 0.6) is 0 Å². The van der Waals surface area contributed by atoms with Crippen LogP contribution in [0.3, 0.4) is 0 Å². The molecule has 11 heteroatoms. The van der Waals surface area contributed by atoms with Crippen molar-refractivity contribution < 1.29 is 31.1 Å². The Hall–Kier alpha value is -2.20. The Morgan fingerprint density at radius 1 is 1.05 bits per heavy atom. The van der Waals surface area contributed by atoms with Gasteiger partial charge in [0.25, 0.3) is 0 Å². The summed E-state index contributed by atoms with van der Waals surface area (Å²) in [4.78, 5) is 16.3. The molecule has 2 rings (SSSR count). The molecule has 1 aliphatic rings. The molecule has 0 saturated heterocycles. The summed E-state index contributed by atoms with van der Waals surface area (Å²) < 4.78 is 75.0. The van der Waals surface area contributed by atoms with Crippen LogP contribution in [-0.2, 0) is 17.1 Å². The minimum Gasteiger partial charge on any atom is -0.273 e. The average molecular weight is 298 g/mol. The SMILES string of the molecule is O=C1CC(c2cc(C(F)(F)F)nc(C(F)(F)F)n2)=NN1. The minimum absolute atomic E-state index is 0.312. The summed E-state index contributed by atoms with van der Waals surface area (Å²) in [5.41, 5.74) is -0.850. The first-order chi connectivity index (χ1) is 9.07. The molecule has 0 unspecified atom stereocenters. The second kappa shape index (κ2) is 4.42. The van der Waals surface area contributed by atoms with E-state index in [0.717, 1.165) is 0 Å². The Morgan fingerprint density at radius 2 is 1.70 bits per heavy atom. The van der Waals surface area contributed by atoms with Crippen molar-refractivity contribution in [2.75, 3.05) is 0 Å². The topological polar surface area (TPSA) is 67.2 Å². The van der Waals surface area contributed by atoms with Gasteiger partial charge in [-0.2, -0.15) is 31.4 Å². The third-order valence-corrected chi connectivity index (χ3v) is 2.21. The van der Waals surface area contributed by atoms with Crippen LogP contribution >= 0.6 is 0 Å². The maximum absolute atomic E-state index is 12.5. The van der Waals surface area contributed by atoms with E-state index in [1.165, 1.54) is 0 Å². The minimum atomic E-state index is -5.15. The summed E-state index contributed by atoms with van der Waals surface area (Å²) in [6.45, 7) is 0. The molecule has 108 valence electrons. The Morgan fingerprint density at radius 3 is 2.15 bits per heavy atom. The molecule has 0 aromatic carbocycles. The Balaban J connectivity index is 2.55. The average Bonchev–Trinajstić information content (AvgIpc) is 2.73. The van der Waals surface area contributed by atoms with Crippen LogP contribution in [0, 0.1) is 0 Å². The number of hydrazone groups is 1. The summed E-state index contributed by atoms with van der Waals surface area (Å²) in [7, 11) is 0. The van der Waals surface area contributed by atoms with E-state index in [-0.39, 0.29) is 5.71 Å². The number of carbonyl (C=O) groups excluding carboxylic acids is 1. The van der Waals surface area contributed by atoms with Gasteiger partial charge in [0.1, 0.15) is 5.69 Å². The van der Waals surface area contributed by atoms with E-state index in [0.29, 0.717) is 6.07 Å². The van der Waals surface area contributed by atoms with Crippen LogP contribution < -0.4 is 5.43 Å². The highest BCUT2D eigenvalue weighted by molar-refractivity contribution is 6.12. The predicted octanol–water partition coefficient (Wildman–Crippen LogP) is 1.74. The van der Waals surface area contributed by atoms with Crippen molar-refractivity contribution in [1.29, 1.82) is 0 Å². The lowest BCUT2D eigenvalue weighted by molar-refractivity contribution is -0.152. The van der Waals surface area contributed by atoms with Gasteiger partial charge in [0.05, 0.1) is 17.8 Å². The van der Waals surface area contributed by atoms with Gasteiger partial charge >= 0.3 is 12.4 Å². The number of amides is 1. The van der Waals surface area contributed by atoms with Crippen molar-refractivity contribution in [2.24, 2.45) is 5.10 Å². The van der Waals surface area contributed by atoms with E-state index in [2.05, 4.69) is 15.1 Å². The number of hydrogen-bond donors (Lipinski definition) is 1. The number of hydrogen-bond acceptors (Lipinski definition) is 4. The largest absolute Gasteiger partial charge is 0.451 e. The quantitative estimate of drug-likeness (QED) is 0.803. The van der Waals surface area contributed by atoms with E-state index in [4.69, 9.17) is 0 Å². The van der Waals surface area contributed by atoms with Crippen LogP contribution in [0.2, 0.25) is 0 Å². The Bertz CT molecular complexity index is 559. The molecule has 0 bridgehead atoms. The molecule has 0 saturated carbocycles. The maximum atomic E-state index is 12.5. The summed E-state index contributed by atoms with van der Waals surface area (Å²) in [6.07, 6.45) is -10.7. The maximum Gasteiger partial charge on any atom is 0.451 e. The molecule has 0 radical (unpaired) electrons. The molecule has 2 heterocycles. The fourth-order valence-corrected chi connectivity index (χ4v) is 1.38. The summed E-state index contributed by atoms with van der Waals surface area (Å²) in [5, 5.41) is 3.33. The summed E-state index contributed by atoms with van der Waals surface area (Å²) in [5.74, 6) is -2.59. The van der Waals surface area contributed by atoms with E-state index in [1.807, 2.05) is 5.43 Å². The first-order valence-electron chi connectivity index (χ1n) is 4.96. The molecule has 0 spiro atoms. The van der Waals surface area contributed by atoms with E-state index in [1.54, 1.807) is 0 Å². The molecule has 1 aliphatic heterocycles. The van der Waals surface area contributed by atoms with Crippen molar-refractivity contribution in [1.82, 2.24) is 15.4 Å². The van der Waals surface area contributed by atoms with Gasteiger partial charge in [0.15, 0.2) is 0 Å². The highest BCUT2D eigenvalue weighted by Crippen LogP contribution is 2.32. The first kappa shape index (κ1) is 14.2. The highest BCUT2D eigenvalue weighted by Gasteiger charge is 2.40. The molecule has 1 N–H and O–H groups in total. The van der Waals surface area contributed by atoms with Gasteiger partial charge in [-0.25, -0.2) is 15.4 Å². The zero-order chi connectivity index (χ0) is 15.1. The van der Waals surface area contributed by atoms with Gasteiger partial charge in [-0.3, -0.25) is 4.79 Å². The Labute approximate surface area is 106 Å². The number of nitrogens with one attached hydrogen (secondary N) is 1. The van der Waals surface area contributed by atoms with Gasteiger partial charge in [0.2, 0.25) is 11.7 Å². The van der Waals surface area contributed by atoms with Crippen molar-refractivity contribution in [3.8, 4) is 0 Å². The van der Waals surface area contributed by atoms with Crippen LogP contribution in [0.25, 0.3) is 0 Å². The first-order valence-corrected chi connectivity index (χ1v) is 4.96. The Kier molecular flexibility index (Phi) is 3.14. The molecule has 0 fully saturated rings. The van der Waals surface area contributed by atoms with Crippen molar-refractivity contribution in [3.63, 3.8) is 0 Å². The summed E-state index contributed by atoms with van der Waals surface area (Å²) >= 11 is 0. The fourth-order valence-electron chi connectivity index (χ4n) is 1.38. The third-order valence-electron chi connectivity index (χ3n) is 2.21. The molecule has 1 aromatic rings. The number of nitrogens with zero attached hydrogens (tertiary/aromatic N) is 3. The number of halogens is 6. The molecule has 5 nitrogen and oxygen atoms in total. The van der Waals surface area contributed by atoms with Gasteiger partial charge in [-0.15, -0.1) is 0 Å². The van der Waals surface area contributed by atoms with Crippen molar-refractivity contribution >= 4 is 11.6 Å². The molecular formula is C9H4F6N4O. The lowest BCUT2D eigenvalue weighted by Crippen LogP contribution is -2.20. The van der Waals surface area contributed by atoms with Crippen molar-refractivity contribution in [3.05, 3.63) is 23.3 Å². The van der Waals surface area contributed by atoms with Crippen LogP contribution in [0.15, 0.2) is 11.2 Å². The van der Waals surface area contributed by atoms with Gasteiger partial charge in [-0.1, -0.05) is 0 Å². The predicted molar refractivity (Wildman–Crippen MR) is 51.3 cm³/mol. The van der Waals surface area contributed by atoms with E-state index >= 15 is 0 Å². The van der Waals surface area contributed by atoms with Crippen LogP contribution in [-0.4, -0.2) is 21.6 Å². The number of carbonyl (C=O) groups is 1. The zero-order valence-corrected chi connectivity index (χ0v) is 9.30. The summed E-state index contributed by atoms with van der Waals surface area (Å²) in [6, 6.07) is 0.314. The standard InChI is InChI=1S/C9H4F6N4O/c10-8(11,12)5-1-3(4-2-6(20)19-18-4)16-7(17-5)9(13,14)15/h1H,2H2,(H,19,20). The lowest BCUT2D eigenvalue weighted by atomic mass is 10.1. The van der Waals surface area contributed by atoms with Gasteiger partial charge in [-0.05, 0) is 6.07 Å². The van der Waals surface area contributed by atoms with E-state index in [9.17, 15) is 31.1 Å². The molecule has 1 amide bonds. The van der Waals surface area contributed by atoms with Gasteiger partial charge in [0, 0.05) is 0 Å². The molecule has 1 aromatic heterocycles. The van der Waals surface area contributed by atoms with Crippen LogP contribution in [0.1, 0.15) is 23.6 Å². The molecule has 0 aliphatic carbocycles. The smallest absolute Gasteiger partial charge is 0.273 e. The molecular weight excluding hydrogens is 294 g/mol. The lowest BCUT2D eigenvalue weighted by Gasteiger charge is -2.11. The molecule has 0 atom stereocenters. The molecule has 20 heavy (non-hydrogen) atoms. The second-order valence-electron chi connectivity index (χ2n) is 3.73. The third kappa shape index (κ3) is 2.86. The fraction of sp³-hybridized carbons (Fsp3) is 0.333. The number of rotatable bonds is 1. The zero-order valence-electron chi connectivity index (χ0n) is 9.30. The monoisotopic (exact) mass is 298 g/mol. The normalized spacial score (nSPS) is 16.1. The van der Waals surface area contributed by atoms with Crippen LogP contribution in [0.4, 0.5) is 26.3 Å². The second-order valence-corrected chi connectivity index (χ2v) is 3.73. The number of alkyl halides is 6. The highest BCUT2D eigenvalue weighted by atomic mass is 19.4. The van der Waals surface area contributed by atoms with Gasteiger partial charge < -0.3 is 0 Å². The van der Waals surface area contributed by atoms with Crippen molar-refractivity contribution in [2.45, 2.75) is 18.8 Å². The van der Waals surface area contributed by atoms with E-state index < -0.39 is 41.9 Å².